The van der Waals surface area contributed by atoms with Crippen molar-refractivity contribution in [3.05, 3.63) is 60.7 Å². The molecule has 1 aliphatic rings. The van der Waals surface area contributed by atoms with Gasteiger partial charge >= 0.3 is 0 Å². The predicted octanol–water partition coefficient (Wildman–Crippen LogP) is 4.21. The third-order valence-corrected chi connectivity index (χ3v) is 4.14. The standard InChI is InChI=1S/C18H22N2.2ClH/c1-2-5-18(20-12-10-19-11-13-20)17-9-8-15-6-3-4-7-16(15)14-17;;/h2-4,6-9,14,18-19H,1,5,10-13H2;2*1H/t18-;;/m1../s1. The number of hydrogen-bond donors (Lipinski definition) is 1. The SMILES string of the molecule is C=CC[C@H](c1ccc2ccccc2c1)N1CCNCC1.Cl.Cl. The Morgan fingerprint density at radius 1 is 1.05 bits per heavy atom. The highest BCUT2D eigenvalue weighted by Gasteiger charge is 2.21. The van der Waals surface area contributed by atoms with Gasteiger partial charge in [-0.2, -0.15) is 0 Å². The molecule has 0 spiro atoms. The Morgan fingerprint density at radius 3 is 2.41 bits per heavy atom. The maximum absolute atomic E-state index is 3.94. The molecule has 1 N–H and O–H groups in total. The molecule has 0 aromatic heterocycles. The van der Waals surface area contributed by atoms with Crippen molar-refractivity contribution in [1.82, 2.24) is 10.2 Å². The van der Waals surface area contributed by atoms with Crippen molar-refractivity contribution in [2.75, 3.05) is 26.2 Å². The highest BCUT2D eigenvalue weighted by molar-refractivity contribution is 5.85. The second-order valence-electron chi connectivity index (χ2n) is 5.43. The quantitative estimate of drug-likeness (QED) is 0.840. The predicted molar refractivity (Wildman–Crippen MR) is 100 cm³/mol. The highest BCUT2D eigenvalue weighted by atomic mass is 35.5. The number of hydrogen-bond acceptors (Lipinski definition) is 2. The summed E-state index contributed by atoms with van der Waals surface area (Å²) in [6.45, 7) is 8.34. The van der Waals surface area contributed by atoms with Gasteiger partial charge < -0.3 is 5.32 Å². The molecule has 0 aliphatic carbocycles. The van der Waals surface area contributed by atoms with Crippen molar-refractivity contribution in [3.8, 4) is 0 Å². The van der Waals surface area contributed by atoms with Crippen LogP contribution in [0.4, 0.5) is 0 Å². The van der Waals surface area contributed by atoms with Crippen LogP contribution < -0.4 is 5.32 Å². The van der Waals surface area contributed by atoms with Crippen molar-refractivity contribution in [2.45, 2.75) is 12.5 Å². The van der Waals surface area contributed by atoms with Crippen molar-refractivity contribution >= 4 is 35.6 Å². The van der Waals surface area contributed by atoms with E-state index in [2.05, 4.69) is 59.3 Å². The molecule has 4 heteroatoms. The molecule has 1 fully saturated rings. The molecule has 2 aromatic carbocycles. The van der Waals surface area contributed by atoms with Crippen LogP contribution in [-0.2, 0) is 0 Å². The van der Waals surface area contributed by atoms with E-state index in [1.54, 1.807) is 0 Å². The van der Waals surface area contributed by atoms with Crippen LogP contribution in [0.5, 0.6) is 0 Å². The summed E-state index contributed by atoms with van der Waals surface area (Å²) in [4.78, 5) is 2.57. The van der Waals surface area contributed by atoms with E-state index in [4.69, 9.17) is 0 Å². The molecular weight excluding hydrogens is 315 g/mol. The maximum atomic E-state index is 3.94. The fourth-order valence-corrected chi connectivity index (χ4v) is 3.06. The van der Waals surface area contributed by atoms with Crippen LogP contribution >= 0.6 is 24.8 Å². The number of halogens is 2. The van der Waals surface area contributed by atoms with Gasteiger partial charge in [0, 0.05) is 32.2 Å². The molecule has 1 saturated heterocycles. The van der Waals surface area contributed by atoms with E-state index in [0.717, 1.165) is 32.6 Å². The summed E-state index contributed by atoms with van der Waals surface area (Å²) in [7, 11) is 0. The van der Waals surface area contributed by atoms with Gasteiger partial charge in [-0.1, -0.05) is 42.5 Å². The zero-order valence-corrected chi connectivity index (χ0v) is 14.3. The normalized spacial score (nSPS) is 16.4. The molecular formula is C18H24Cl2N2. The van der Waals surface area contributed by atoms with Crippen molar-refractivity contribution in [2.24, 2.45) is 0 Å². The van der Waals surface area contributed by atoms with E-state index in [1.165, 1.54) is 16.3 Å². The monoisotopic (exact) mass is 338 g/mol. The molecule has 1 atom stereocenters. The summed E-state index contributed by atoms with van der Waals surface area (Å²) in [5.74, 6) is 0. The van der Waals surface area contributed by atoms with Gasteiger partial charge in [0.15, 0.2) is 0 Å². The summed E-state index contributed by atoms with van der Waals surface area (Å²) in [5.41, 5.74) is 1.41. The molecule has 2 nitrogen and oxygen atoms in total. The largest absolute Gasteiger partial charge is 0.314 e. The molecule has 0 amide bonds. The summed E-state index contributed by atoms with van der Waals surface area (Å²) in [6.07, 6.45) is 3.06. The Morgan fingerprint density at radius 2 is 1.73 bits per heavy atom. The smallest absolute Gasteiger partial charge is 0.0383 e. The average Bonchev–Trinajstić information content (AvgIpc) is 2.53. The van der Waals surface area contributed by atoms with Gasteiger partial charge in [0.2, 0.25) is 0 Å². The molecule has 120 valence electrons. The first-order chi connectivity index (χ1) is 9.88. The summed E-state index contributed by atoms with van der Waals surface area (Å²) in [6, 6.07) is 15.9. The Balaban J connectivity index is 0.00000121. The molecule has 2 aromatic rings. The third kappa shape index (κ3) is 4.23. The molecule has 0 bridgehead atoms. The minimum absolute atomic E-state index is 0. The Kier molecular flexibility index (Phi) is 7.91. The zero-order chi connectivity index (χ0) is 13.8. The van der Waals surface area contributed by atoms with Gasteiger partial charge in [-0.05, 0) is 28.8 Å². The number of nitrogens with one attached hydrogen (secondary N) is 1. The Hall–Kier alpha value is -1.06. The molecule has 1 aliphatic heterocycles. The van der Waals surface area contributed by atoms with Gasteiger partial charge in [0.25, 0.3) is 0 Å². The number of fused-ring (bicyclic) bond motifs is 1. The Labute approximate surface area is 145 Å². The molecule has 22 heavy (non-hydrogen) atoms. The van der Waals surface area contributed by atoms with Crippen LogP contribution in [0.3, 0.4) is 0 Å². The second kappa shape index (κ2) is 9.16. The molecule has 3 rings (SSSR count). The number of rotatable bonds is 4. The third-order valence-electron chi connectivity index (χ3n) is 4.14. The summed E-state index contributed by atoms with van der Waals surface area (Å²) < 4.78 is 0. The van der Waals surface area contributed by atoms with E-state index in [9.17, 15) is 0 Å². The van der Waals surface area contributed by atoms with Crippen LogP contribution in [0.1, 0.15) is 18.0 Å². The van der Waals surface area contributed by atoms with Gasteiger partial charge in [-0.3, -0.25) is 4.90 Å². The highest BCUT2D eigenvalue weighted by Crippen LogP contribution is 2.28. The van der Waals surface area contributed by atoms with Gasteiger partial charge in [-0.15, -0.1) is 31.4 Å². The number of nitrogens with zero attached hydrogens (tertiary/aromatic N) is 1. The topological polar surface area (TPSA) is 15.3 Å². The van der Waals surface area contributed by atoms with E-state index in [0.29, 0.717) is 6.04 Å². The molecule has 0 unspecified atom stereocenters. The fourth-order valence-electron chi connectivity index (χ4n) is 3.06. The van der Waals surface area contributed by atoms with Crippen molar-refractivity contribution < 1.29 is 0 Å². The lowest BCUT2D eigenvalue weighted by atomic mass is 9.98. The summed E-state index contributed by atoms with van der Waals surface area (Å²) >= 11 is 0. The van der Waals surface area contributed by atoms with E-state index in [-0.39, 0.29) is 24.8 Å². The molecule has 1 heterocycles. The maximum Gasteiger partial charge on any atom is 0.0383 e. The van der Waals surface area contributed by atoms with Crippen LogP contribution in [0.2, 0.25) is 0 Å². The van der Waals surface area contributed by atoms with Gasteiger partial charge in [0.05, 0.1) is 0 Å². The Bertz CT molecular complexity index is 594. The van der Waals surface area contributed by atoms with Crippen LogP contribution in [0.15, 0.2) is 55.1 Å². The fraction of sp³-hybridized carbons (Fsp3) is 0.333. The number of benzene rings is 2. The van der Waals surface area contributed by atoms with E-state index >= 15 is 0 Å². The second-order valence-corrected chi connectivity index (χ2v) is 5.43. The zero-order valence-electron chi connectivity index (χ0n) is 12.7. The minimum Gasteiger partial charge on any atom is -0.314 e. The average molecular weight is 339 g/mol. The lowest BCUT2D eigenvalue weighted by molar-refractivity contribution is 0.174. The van der Waals surface area contributed by atoms with E-state index < -0.39 is 0 Å². The molecule has 0 saturated carbocycles. The lowest BCUT2D eigenvalue weighted by Gasteiger charge is -2.35. The van der Waals surface area contributed by atoms with Crippen LogP contribution in [0.25, 0.3) is 10.8 Å². The first-order valence-corrected chi connectivity index (χ1v) is 7.43. The minimum atomic E-state index is 0. The van der Waals surface area contributed by atoms with Crippen LogP contribution in [0, 0.1) is 0 Å². The van der Waals surface area contributed by atoms with Gasteiger partial charge in [0.1, 0.15) is 0 Å². The first kappa shape index (κ1) is 19.0. The van der Waals surface area contributed by atoms with Gasteiger partial charge in [-0.25, -0.2) is 0 Å². The van der Waals surface area contributed by atoms with Crippen molar-refractivity contribution in [3.63, 3.8) is 0 Å². The van der Waals surface area contributed by atoms with Crippen molar-refractivity contribution in [1.29, 1.82) is 0 Å². The van der Waals surface area contributed by atoms with E-state index in [1.807, 2.05) is 6.08 Å². The number of piperazine rings is 1. The molecule has 0 radical (unpaired) electrons. The summed E-state index contributed by atoms with van der Waals surface area (Å²) in [5, 5.41) is 6.07. The lowest BCUT2D eigenvalue weighted by Crippen LogP contribution is -2.45. The van der Waals surface area contributed by atoms with Crippen LogP contribution in [-0.4, -0.2) is 31.1 Å². The first-order valence-electron chi connectivity index (χ1n) is 7.43.